The minimum absolute atomic E-state index is 0.197. The summed E-state index contributed by atoms with van der Waals surface area (Å²) in [4.78, 5) is 15.8. The lowest BCUT2D eigenvalue weighted by atomic mass is 9.99. The number of aryl methyl sites for hydroxylation is 1. The van der Waals surface area contributed by atoms with Gasteiger partial charge in [-0.25, -0.2) is 0 Å². The number of carbonyl (C=O) groups is 1. The Morgan fingerprint density at radius 1 is 1.50 bits per heavy atom. The first-order valence-corrected chi connectivity index (χ1v) is 5.50. The van der Waals surface area contributed by atoms with Crippen molar-refractivity contribution in [1.29, 1.82) is 0 Å². The third-order valence-corrected chi connectivity index (χ3v) is 2.71. The Morgan fingerprint density at radius 3 is 3.06 bits per heavy atom. The molecule has 1 aliphatic heterocycles. The molecule has 0 spiro atoms. The lowest BCUT2D eigenvalue weighted by molar-refractivity contribution is -0.141. The molecule has 16 heavy (non-hydrogen) atoms. The molecule has 0 bridgehead atoms. The first kappa shape index (κ1) is 10.9. The van der Waals surface area contributed by atoms with Crippen LogP contribution in [0, 0.1) is 6.92 Å². The van der Waals surface area contributed by atoms with Gasteiger partial charge in [-0.15, -0.1) is 0 Å². The van der Waals surface area contributed by atoms with Crippen molar-refractivity contribution >= 4 is 11.7 Å². The Bertz CT molecular complexity index is 449. The van der Waals surface area contributed by atoms with Crippen molar-refractivity contribution < 1.29 is 9.53 Å². The van der Waals surface area contributed by atoms with Crippen molar-refractivity contribution in [3.8, 4) is 0 Å². The second-order valence-corrected chi connectivity index (χ2v) is 3.85. The maximum Gasteiger partial charge on any atom is 0.311 e. The summed E-state index contributed by atoms with van der Waals surface area (Å²) in [5, 5.41) is 0. The molecule has 2 rings (SSSR count). The lowest BCUT2D eigenvalue weighted by Gasteiger charge is -2.06. The van der Waals surface area contributed by atoms with Gasteiger partial charge >= 0.3 is 5.97 Å². The molecule has 0 aliphatic carbocycles. The van der Waals surface area contributed by atoms with Crippen LogP contribution in [0.4, 0.5) is 0 Å². The van der Waals surface area contributed by atoms with Gasteiger partial charge < -0.3 is 4.74 Å². The molecule has 0 fully saturated rings. The third-order valence-electron chi connectivity index (χ3n) is 2.71. The van der Waals surface area contributed by atoms with Gasteiger partial charge in [0.2, 0.25) is 0 Å². The summed E-state index contributed by atoms with van der Waals surface area (Å²) >= 11 is 0. The van der Waals surface area contributed by atoms with Crippen molar-refractivity contribution in [3.63, 3.8) is 0 Å². The third kappa shape index (κ3) is 1.98. The predicted molar refractivity (Wildman–Crippen MR) is 62.7 cm³/mol. The normalized spacial score (nSPS) is 13.2. The first-order valence-electron chi connectivity index (χ1n) is 5.50. The summed E-state index contributed by atoms with van der Waals surface area (Å²) in [6.07, 6.45) is 0.283. The zero-order valence-electron chi connectivity index (χ0n) is 9.62. The molecule has 0 amide bonds. The van der Waals surface area contributed by atoms with Crippen LogP contribution in [-0.2, 0) is 16.1 Å². The Labute approximate surface area is 95.2 Å². The van der Waals surface area contributed by atoms with Gasteiger partial charge in [-0.1, -0.05) is 18.2 Å². The highest BCUT2D eigenvalue weighted by molar-refractivity contribution is 6.12. The quantitative estimate of drug-likeness (QED) is 0.728. The maximum atomic E-state index is 11.4. The summed E-state index contributed by atoms with van der Waals surface area (Å²) < 4.78 is 4.94. The van der Waals surface area contributed by atoms with Crippen molar-refractivity contribution in [1.82, 2.24) is 0 Å². The maximum absolute atomic E-state index is 11.4. The van der Waals surface area contributed by atoms with Gasteiger partial charge in [-0.3, -0.25) is 9.79 Å². The molecule has 0 aromatic heterocycles. The van der Waals surface area contributed by atoms with Crippen LogP contribution in [0.1, 0.15) is 30.0 Å². The molecule has 84 valence electrons. The number of esters is 1. The fraction of sp³-hybridized carbons (Fsp3) is 0.385. The molecule has 1 aliphatic rings. The molecule has 1 heterocycles. The number of hydrogen-bond acceptors (Lipinski definition) is 3. The van der Waals surface area contributed by atoms with Crippen molar-refractivity contribution in [2.45, 2.75) is 26.8 Å². The second kappa shape index (κ2) is 4.47. The van der Waals surface area contributed by atoms with Gasteiger partial charge in [0.25, 0.3) is 0 Å². The minimum Gasteiger partial charge on any atom is -0.466 e. The molecular formula is C13H15NO2. The average Bonchev–Trinajstić information content (AvgIpc) is 2.63. The summed E-state index contributed by atoms with van der Waals surface area (Å²) in [6.45, 7) is 4.97. The second-order valence-electron chi connectivity index (χ2n) is 3.85. The highest BCUT2D eigenvalue weighted by atomic mass is 16.5. The largest absolute Gasteiger partial charge is 0.466 e. The van der Waals surface area contributed by atoms with Gasteiger partial charge in [0.05, 0.1) is 25.3 Å². The lowest BCUT2D eigenvalue weighted by Crippen LogP contribution is -2.12. The fourth-order valence-corrected chi connectivity index (χ4v) is 2.03. The van der Waals surface area contributed by atoms with E-state index in [-0.39, 0.29) is 12.4 Å². The van der Waals surface area contributed by atoms with Crippen molar-refractivity contribution in [2.75, 3.05) is 6.61 Å². The summed E-state index contributed by atoms with van der Waals surface area (Å²) in [6, 6.07) is 6.13. The molecule has 1 aromatic rings. The monoisotopic (exact) mass is 217 g/mol. The number of rotatable bonds is 3. The topological polar surface area (TPSA) is 38.7 Å². The molecule has 0 saturated heterocycles. The highest BCUT2D eigenvalue weighted by Crippen LogP contribution is 2.23. The Morgan fingerprint density at radius 2 is 2.31 bits per heavy atom. The molecule has 3 heteroatoms. The highest BCUT2D eigenvalue weighted by Gasteiger charge is 2.20. The Hall–Kier alpha value is -1.64. The van der Waals surface area contributed by atoms with Gasteiger partial charge in [0.15, 0.2) is 0 Å². The van der Waals surface area contributed by atoms with E-state index >= 15 is 0 Å². The molecule has 0 N–H and O–H groups in total. The average molecular weight is 217 g/mol. The molecule has 0 saturated carbocycles. The van der Waals surface area contributed by atoms with E-state index in [4.69, 9.17) is 4.74 Å². The number of fused-ring (bicyclic) bond motifs is 1. The molecule has 3 nitrogen and oxygen atoms in total. The van der Waals surface area contributed by atoms with Crippen LogP contribution in [0.25, 0.3) is 0 Å². The van der Waals surface area contributed by atoms with E-state index < -0.39 is 0 Å². The van der Waals surface area contributed by atoms with Crippen LogP contribution in [0.2, 0.25) is 0 Å². The number of carbonyl (C=O) groups excluding carboxylic acids is 1. The van der Waals surface area contributed by atoms with E-state index in [1.807, 2.05) is 26.0 Å². The van der Waals surface area contributed by atoms with E-state index in [1.54, 1.807) is 0 Å². The Balaban J connectivity index is 2.19. The van der Waals surface area contributed by atoms with Gasteiger partial charge in [-0.05, 0) is 25.0 Å². The molecule has 1 aromatic carbocycles. The number of aliphatic imine (C=N–C) groups is 1. The van der Waals surface area contributed by atoms with Crippen LogP contribution in [0.3, 0.4) is 0 Å². The summed E-state index contributed by atoms with van der Waals surface area (Å²) in [7, 11) is 0. The van der Waals surface area contributed by atoms with E-state index in [2.05, 4.69) is 11.1 Å². The van der Waals surface area contributed by atoms with Crippen molar-refractivity contribution in [3.05, 3.63) is 34.9 Å². The van der Waals surface area contributed by atoms with E-state index in [0.717, 1.165) is 11.3 Å². The van der Waals surface area contributed by atoms with E-state index in [1.165, 1.54) is 11.1 Å². The van der Waals surface area contributed by atoms with Gasteiger partial charge in [0.1, 0.15) is 0 Å². The zero-order valence-corrected chi connectivity index (χ0v) is 9.62. The van der Waals surface area contributed by atoms with Crippen LogP contribution in [0.5, 0.6) is 0 Å². The first-order chi connectivity index (χ1) is 7.72. The molecule has 0 unspecified atom stereocenters. The molecular weight excluding hydrogens is 202 g/mol. The van der Waals surface area contributed by atoms with Crippen molar-refractivity contribution in [2.24, 2.45) is 4.99 Å². The van der Waals surface area contributed by atoms with Crippen LogP contribution in [-0.4, -0.2) is 18.3 Å². The van der Waals surface area contributed by atoms with E-state index in [0.29, 0.717) is 13.2 Å². The summed E-state index contributed by atoms with van der Waals surface area (Å²) in [5.74, 6) is -0.197. The Kier molecular flexibility index (Phi) is 3.04. The predicted octanol–water partition coefficient (Wildman–Crippen LogP) is 2.25. The number of benzene rings is 1. The molecule has 0 atom stereocenters. The van der Waals surface area contributed by atoms with Crippen LogP contribution >= 0.6 is 0 Å². The minimum atomic E-state index is -0.197. The number of ether oxygens (including phenoxy) is 1. The van der Waals surface area contributed by atoms with Crippen LogP contribution < -0.4 is 0 Å². The van der Waals surface area contributed by atoms with Gasteiger partial charge in [0, 0.05) is 5.56 Å². The smallest absolute Gasteiger partial charge is 0.311 e. The zero-order chi connectivity index (χ0) is 11.5. The standard InChI is InChI=1S/C13H15NO2/c1-3-16-12(15)7-11-13-9(2)5-4-6-10(13)8-14-11/h4-6H,3,7-8H2,1-2H3. The fourth-order valence-electron chi connectivity index (χ4n) is 2.03. The van der Waals surface area contributed by atoms with Gasteiger partial charge in [-0.2, -0.15) is 0 Å². The van der Waals surface area contributed by atoms with Crippen LogP contribution in [0.15, 0.2) is 23.2 Å². The number of hydrogen-bond donors (Lipinski definition) is 0. The summed E-state index contributed by atoms with van der Waals surface area (Å²) in [5.41, 5.74) is 4.39. The number of nitrogens with zero attached hydrogens (tertiary/aromatic N) is 1. The molecule has 0 radical (unpaired) electrons. The SMILES string of the molecule is CCOC(=O)CC1=NCc2cccc(C)c21. The van der Waals surface area contributed by atoms with E-state index in [9.17, 15) is 4.79 Å².